The first-order valence-electron chi connectivity index (χ1n) is 9.41. The number of nitrogens with zero attached hydrogens (tertiary/aromatic N) is 3. The van der Waals surface area contributed by atoms with Crippen molar-refractivity contribution >= 4 is 29.4 Å². The third-order valence-corrected chi connectivity index (χ3v) is 3.96. The summed E-state index contributed by atoms with van der Waals surface area (Å²) in [7, 11) is 0. The van der Waals surface area contributed by atoms with E-state index in [1.165, 1.54) is 24.3 Å². The van der Waals surface area contributed by atoms with Crippen LogP contribution >= 0.6 is 0 Å². The molecule has 0 heterocycles. The highest BCUT2D eigenvalue weighted by molar-refractivity contribution is 5.98. The summed E-state index contributed by atoms with van der Waals surface area (Å²) >= 11 is 0. The maximum Gasteiger partial charge on any atom is 0.348 e. The molecule has 0 saturated heterocycles. The van der Waals surface area contributed by atoms with Gasteiger partial charge >= 0.3 is 11.9 Å². The summed E-state index contributed by atoms with van der Waals surface area (Å²) in [5.41, 5.74) is -1.59. The molecule has 0 radical (unpaired) electrons. The van der Waals surface area contributed by atoms with Crippen LogP contribution in [0.3, 0.4) is 0 Å². The van der Waals surface area contributed by atoms with Gasteiger partial charge in [0.1, 0.15) is 11.6 Å². The SMILES string of the molecule is CCOC(=O)/C(C#N)=C/c1ccc(OC(=O)c2cc([N+](=O)[O-])cc([N+](=O)[O-])c2)c(OCC)c1. The molecule has 2 aromatic rings. The van der Waals surface area contributed by atoms with Crippen LogP contribution in [-0.2, 0) is 9.53 Å². The molecule has 0 bridgehead atoms. The zero-order valence-electron chi connectivity index (χ0n) is 17.5. The van der Waals surface area contributed by atoms with Crippen molar-refractivity contribution in [2.45, 2.75) is 13.8 Å². The minimum absolute atomic E-state index is 0.0701. The second-order valence-electron chi connectivity index (χ2n) is 6.17. The fourth-order valence-electron chi connectivity index (χ4n) is 2.56. The molecule has 0 spiro atoms. The van der Waals surface area contributed by atoms with Crippen molar-refractivity contribution in [1.82, 2.24) is 0 Å². The molecular weight excluding hydrogens is 438 g/mol. The molecule has 0 N–H and O–H groups in total. The van der Waals surface area contributed by atoms with Crippen molar-refractivity contribution in [1.29, 1.82) is 5.26 Å². The number of nitro benzene ring substituents is 2. The number of nitro groups is 2. The van der Waals surface area contributed by atoms with Gasteiger partial charge in [-0.05, 0) is 37.6 Å². The summed E-state index contributed by atoms with van der Waals surface area (Å²) in [5, 5.41) is 31.2. The molecule has 33 heavy (non-hydrogen) atoms. The van der Waals surface area contributed by atoms with Crippen molar-refractivity contribution in [3.8, 4) is 17.6 Å². The highest BCUT2D eigenvalue weighted by atomic mass is 16.6. The monoisotopic (exact) mass is 455 g/mol. The first-order chi connectivity index (χ1) is 15.7. The van der Waals surface area contributed by atoms with E-state index in [0.29, 0.717) is 5.56 Å². The maximum atomic E-state index is 12.6. The summed E-state index contributed by atoms with van der Waals surface area (Å²) in [6.07, 6.45) is 1.26. The first-order valence-corrected chi connectivity index (χ1v) is 9.41. The molecule has 0 aliphatic rings. The molecule has 12 heteroatoms. The van der Waals surface area contributed by atoms with E-state index in [1.54, 1.807) is 19.9 Å². The largest absolute Gasteiger partial charge is 0.490 e. The average molecular weight is 455 g/mol. The normalized spacial score (nSPS) is 10.6. The van der Waals surface area contributed by atoms with Gasteiger partial charge in [-0.25, -0.2) is 9.59 Å². The van der Waals surface area contributed by atoms with E-state index in [2.05, 4.69) is 0 Å². The number of hydrogen-bond donors (Lipinski definition) is 0. The molecule has 0 aliphatic heterocycles. The lowest BCUT2D eigenvalue weighted by molar-refractivity contribution is -0.394. The zero-order valence-corrected chi connectivity index (χ0v) is 17.5. The highest BCUT2D eigenvalue weighted by Crippen LogP contribution is 2.31. The Morgan fingerprint density at radius 2 is 1.64 bits per heavy atom. The van der Waals surface area contributed by atoms with Crippen molar-refractivity contribution in [2.24, 2.45) is 0 Å². The zero-order chi connectivity index (χ0) is 24.5. The molecule has 0 unspecified atom stereocenters. The lowest BCUT2D eigenvalue weighted by atomic mass is 10.1. The second-order valence-corrected chi connectivity index (χ2v) is 6.17. The van der Waals surface area contributed by atoms with Crippen LogP contribution < -0.4 is 9.47 Å². The van der Waals surface area contributed by atoms with Crippen LogP contribution in [0.5, 0.6) is 11.5 Å². The van der Waals surface area contributed by atoms with E-state index in [0.717, 1.165) is 18.2 Å². The predicted molar refractivity (Wildman–Crippen MR) is 113 cm³/mol. The van der Waals surface area contributed by atoms with Crippen LogP contribution in [0.2, 0.25) is 0 Å². The van der Waals surface area contributed by atoms with Crippen molar-refractivity contribution in [3.05, 3.63) is 73.3 Å². The number of hydrogen-bond acceptors (Lipinski definition) is 10. The Bertz CT molecular complexity index is 1150. The van der Waals surface area contributed by atoms with E-state index in [9.17, 15) is 29.8 Å². The van der Waals surface area contributed by atoms with Crippen LogP contribution in [0.25, 0.3) is 6.08 Å². The average Bonchev–Trinajstić information content (AvgIpc) is 2.78. The van der Waals surface area contributed by atoms with Crippen LogP contribution in [0.4, 0.5) is 11.4 Å². The number of esters is 2. The molecule has 0 fully saturated rings. The Balaban J connectivity index is 2.41. The number of rotatable bonds is 9. The molecule has 0 saturated carbocycles. The Hall–Kier alpha value is -4.79. The van der Waals surface area contributed by atoms with Gasteiger partial charge in [0, 0.05) is 12.1 Å². The molecule has 0 aliphatic carbocycles. The Morgan fingerprint density at radius 3 is 2.15 bits per heavy atom. The number of carbonyl (C=O) groups is 2. The number of ether oxygens (including phenoxy) is 3. The van der Waals surface area contributed by atoms with Gasteiger partial charge < -0.3 is 14.2 Å². The van der Waals surface area contributed by atoms with Gasteiger partial charge in [-0.1, -0.05) is 6.07 Å². The molecule has 2 rings (SSSR count). The smallest absolute Gasteiger partial charge is 0.348 e. The van der Waals surface area contributed by atoms with Gasteiger partial charge in [-0.2, -0.15) is 5.26 Å². The van der Waals surface area contributed by atoms with Crippen LogP contribution in [0, 0.1) is 31.6 Å². The summed E-state index contributed by atoms with van der Waals surface area (Å²) in [4.78, 5) is 44.7. The lowest BCUT2D eigenvalue weighted by Crippen LogP contribution is -2.11. The third-order valence-electron chi connectivity index (χ3n) is 3.96. The standard InChI is InChI=1S/C21H17N3O9/c1-3-31-19-8-13(7-15(12-22)20(25)32-4-2)5-6-18(19)33-21(26)14-9-16(23(27)28)11-17(10-14)24(29)30/h5-11H,3-4H2,1-2H3/b15-7+. The van der Waals surface area contributed by atoms with Gasteiger partial charge in [0.05, 0.1) is 34.7 Å². The number of non-ortho nitro benzene ring substituents is 2. The van der Waals surface area contributed by atoms with E-state index in [1.807, 2.05) is 0 Å². The molecule has 0 amide bonds. The number of benzene rings is 2. The summed E-state index contributed by atoms with van der Waals surface area (Å²) in [6, 6.07) is 8.31. The molecule has 2 aromatic carbocycles. The van der Waals surface area contributed by atoms with Crippen LogP contribution in [0.15, 0.2) is 42.0 Å². The quantitative estimate of drug-likeness (QED) is 0.136. The maximum absolute atomic E-state index is 12.6. The summed E-state index contributed by atoms with van der Waals surface area (Å²) in [5.74, 6) is -1.90. The van der Waals surface area contributed by atoms with Crippen molar-refractivity contribution < 1.29 is 33.6 Å². The fraction of sp³-hybridized carbons (Fsp3) is 0.190. The minimum Gasteiger partial charge on any atom is -0.490 e. The summed E-state index contributed by atoms with van der Waals surface area (Å²) < 4.78 is 15.5. The van der Waals surface area contributed by atoms with Gasteiger partial charge in [0.25, 0.3) is 11.4 Å². The Morgan fingerprint density at radius 1 is 1.00 bits per heavy atom. The van der Waals surface area contributed by atoms with Gasteiger partial charge in [0.15, 0.2) is 11.5 Å². The number of carbonyl (C=O) groups excluding carboxylic acids is 2. The predicted octanol–water partition coefficient (Wildman–Crippen LogP) is 3.59. The van der Waals surface area contributed by atoms with E-state index < -0.39 is 38.7 Å². The first kappa shape index (κ1) is 24.5. The van der Waals surface area contributed by atoms with E-state index >= 15 is 0 Å². The van der Waals surface area contributed by atoms with Crippen LogP contribution in [0.1, 0.15) is 29.8 Å². The molecule has 0 aromatic heterocycles. The van der Waals surface area contributed by atoms with Crippen molar-refractivity contribution in [2.75, 3.05) is 13.2 Å². The molecular formula is C21H17N3O9. The summed E-state index contributed by atoms with van der Waals surface area (Å²) in [6.45, 7) is 3.52. The van der Waals surface area contributed by atoms with Crippen LogP contribution in [-0.4, -0.2) is 35.0 Å². The fourth-order valence-corrected chi connectivity index (χ4v) is 2.56. The minimum atomic E-state index is -1.09. The van der Waals surface area contributed by atoms with Gasteiger partial charge in [-0.15, -0.1) is 0 Å². The Labute approximate surface area is 186 Å². The second kappa shape index (κ2) is 11.0. The van der Waals surface area contributed by atoms with Gasteiger partial charge in [-0.3, -0.25) is 20.2 Å². The third kappa shape index (κ3) is 6.34. The van der Waals surface area contributed by atoms with E-state index in [4.69, 9.17) is 19.5 Å². The van der Waals surface area contributed by atoms with Gasteiger partial charge in [0.2, 0.25) is 0 Å². The van der Waals surface area contributed by atoms with Crippen molar-refractivity contribution in [3.63, 3.8) is 0 Å². The molecule has 170 valence electrons. The Kier molecular flexibility index (Phi) is 8.16. The molecule has 0 atom stereocenters. The number of nitriles is 1. The lowest BCUT2D eigenvalue weighted by Gasteiger charge is -2.11. The van der Waals surface area contributed by atoms with E-state index in [-0.39, 0.29) is 30.3 Å². The molecule has 12 nitrogen and oxygen atoms in total. The topological polar surface area (TPSA) is 172 Å². The highest BCUT2D eigenvalue weighted by Gasteiger charge is 2.22.